The lowest BCUT2D eigenvalue weighted by Crippen LogP contribution is -2.44. The van der Waals surface area contributed by atoms with E-state index < -0.39 is 12.0 Å². The highest BCUT2D eigenvalue weighted by molar-refractivity contribution is 5.69. The Morgan fingerprint density at radius 3 is 2.65 bits per heavy atom. The minimum atomic E-state index is -0.777. The predicted molar refractivity (Wildman–Crippen MR) is 66.0 cm³/mol. The molecule has 96 valence electrons. The van der Waals surface area contributed by atoms with E-state index in [2.05, 4.69) is 18.4 Å². The fourth-order valence-electron chi connectivity index (χ4n) is 2.17. The minimum Gasteiger partial charge on any atom is -0.478 e. The molecule has 1 aromatic rings. The lowest BCUT2D eigenvalue weighted by molar-refractivity contribution is -0.714. The number of imidazole rings is 1. The number of unbranched alkanes of at least 4 members (excludes halogenated alkanes) is 1. The molecule has 1 unspecified atom stereocenters. The molecule has 4 nitrogen and oxygen atoms in total. The molecule has 0 spiro atoms. The Morgan fingerprint density at radius 1 is 1.53 bits per heavy atom. The van der Waals surface area contributed by atoms with Crippen molar-refractivity contribution < 1.29 is 14.5 Å². The number of aliphatic carboxylic acids is 1. The van der Waals surface area contributed by atoms with Gasteiger partial charge in [0.05, 0.1) is 6.54 Å². The van der Waals surface area contributed by atoms with Crippen LogP contribution in [-0.4, -0.2) is 15.6 Å². The quantitative estimate of drug-likeness (QED) is 0.773. The van der Waals surface area contributed by atoms with Crippen LogP contribution in [0.4, 0.5) is 0 Å². The van der Waals surface area contributed by atoms with Crippen LogP contribution in [0.2, 0.25) is 0 Å². The van der Waals surface area contributed by atoms with Crippen LogP contribution < -0.4 is 4.57 Å². The number of carbonyl (C=O) groups is 1. The molecule has 1 N–H and O–H groups in total. The van der Waals surface area contributed by atoms with E-state index in [0.29, 0.717) is 0 Å². The van der Waals surface area contributed by atoms with Gasteiger partial charge in [0.15, 0.2) is 6.04 Å². The largest absolute Gasteiger partial charge is 0.478 e. The number of hydrogen-bond donors (Lipinski definition) is 1. The maximum atomic E-state index is 11.1. The SMILES string of the molecule is CCCCc1n(CC)c(C)c[n+]1C(C)C(=O)O. The Labute approximate surface area is 103 Å². The highest BCUT2D eigenvalue weighted by Gasteiger charge is 2.27. The average Bonchev–Trinajstić information content (AvgIpc) is 2.61. The van der Waals surface area contributed by atoms with Crippen LogP contribution in [0.15, 0.2) is 6.20 Å². The first kappa shape index (κ1) is 13.7. The van der Waals surface area contributed by atoms with Crippen LogP contribution >= 0.6 is 0 Å². The molecule has 0 amide bonds. The smallest absolute Gasteiger partial charge is 0.349 e. The first-order valence-electron chi connectivity index (χ1n) is 6.35. The van der Waals surface area contributed by atoms with Gasteiger partial charge >= 0.3 is 5.97 Å². The van der Waals surface area contributed by atoms with Crippen molar-refractivity contribution in [1.82, 2.24) is 4.57 Å². The van der Waals surface area contributed by atoms with E-state index >= 15 is 0 Å². The molecule has 1 heterocycles. The van der Waals surface area contributed by atoms with Crippen LogP contribution in [0, 0.1) is 6.92 Å². The predicted octanol–water partition coefficient (Wildman–Crippen LogP) is 2.09. The number of hydrogen-bond acceptors (Lipinski definition) is 1. The van der Waals surface area contributed by atoms with Gasteiger partial charge in [0.2, 0.25) is 0 Å². The van der Waals surface area contributed by atoms with Crippen molar-refractivity contribution in [2.45, 2.75) is 59.5 Å². The van der Waals surface area contributed by atoms with Gasteiger partial charge in [-0.1, -0.05) is 13.3 Å². The van der Waals surface area contributed by atoms with Gasteiger partial charge in [0, 0.05) is 13.3 Å². The Bertz CT molecular complexity index is 396. The van der Waals surface area contributed by atoms with Crippen LogP contribution in [-0.2, 0) is 17.8 Å². The van der Waals surface area contributed by atoms with E-state index in [-0.39, 0.29) is 0 Å². The highest BCUT2D eigenvalue weighted by Crippen LogP contribution is 2.10. The molecule has 1 aromatic heterocycles. The molecule has 4 heteroatoms. The van der Waals surface area contributed by atoms with Crippen molar-refractivity contribution in [2.24, 2.45) is 0 Å². The summed E-state index contributed by atoms with van der Waals surface area (Å²) in [6, 6.07) is -0.492. The molecular weight excluding hydrogens is 216 g/mol. The summed E-state index contributed by atoms with van der Waals surface area (Å²) in [7, 11) is 0. The summed E-state index contributed by atoms with van der Waals surface area (Å²) < 4.78 is 4.10. The number of carboxylic acids is 1. The first-order chi connectivity index (χ1) is 8.02. The summed E-state index contributed by atoms with van der Waals surface area (Å²) >= 11 is 0. The molecule has 0 aliphatic rings. The number of aromatic nitrogens is 2. The molecule has 0 aliphatic carbocycles. The first-order valence-corrected chi connectivity index (χ1v) is 6.35. The van der Waals surface area contributed by atoms with Gasteiger partial charge in [-0.05, 0) is 20.3 Å². The van der Waals surface area contributed by atoms with E-state index in [0.717, 1.165) is 37.3 Å². The summed E-state index contributed by atoms with van der Waals surface area (Å²) in [5, 5.41) is 9.13. The van der Waals surface area contributed by atoms with Crippen LogP contribution in [0.25, 0.3) is 0 Å². The van der Waals surface area contributed by atoms with Crippen molar-refractivity contribution in [2.75, 3.05) is 0 Å². The third kappa shape index (κ3) is 2.87. The monoisotopic (exact) mass is 239 g/mol. The zero-order valence-electron chi connectivity index (χ0n) is 11.2. The maximum absolute atomic E-state index is 11.1. The Balaban J connectivity index is 3.14. The van der Waals surface area contributed by atoms with Crippen LogP contribution in [0.3, 0.4) is 0 Å². The van der Waals surface area contributed by atoms with Gasteiger partial charge in [0.25, 0.3) is 5.82 Å². The number of carboxylic acid groups (broad SMARTS) is 1. The normalized spacial score (nSPS) is 12.7. The van der Waals surface area contributed by atoms with E-state index in [9.17, 15) is 4.79 Å². The third-order valence-corrected chi connectivity index (χ3v) is 3.21. The average molecular weight is 239 g/mol. The summed E-state index contributed by atoms with van der Waals surface area (Å²) in [5.41, 5.74) is 1.13. The van der Waals surface area contributed by atoms with E-state index in [1.54, 1.807) is 6.92 Å². The second-order valence-corrected chi connectivity index (χ2v) is 4.46. The topological polar surface area (TPSA) is 46.1 Å². The van der Waals surface area contributed by atoms with Crippen molar-refractivity contribution in [1.29, 1.82) is 0 Å². The molecule has 0 bridgehead atoms. The van der Waals surface area contributed by atoms with Crippen molar-refractivity contribution in [3.8, 4) is 0 Å². The van der Waals surface area contributed by atoms with E-state index in [4.69, 9.17) is 5.11 Å². The summed E-state index contributed by atoms with van der Waals surface area (Å²) in [5.74, 6) is 0.350. The van der Waals surface area contributed by atoms with Gasteiger partial charge in [-0.25, -0.2) is 13.9 Å². The summed E-state index contributed by atoms with van der Waals surface area (Å²) in [4.78, 5) is 11.1. The lowest BCUT2D eigenvalue weighted by Gasteiger charge is -2.07. The van der Waals surface area contributed by atoms with Crippen LogP contribution in [0.5, 0.6) is 0 Å². The molecule has 0 radical (unpaired) electrons. The molecule has 0 aliphatic heterocycles. The standard InChI is InChI=1S/C13H22N2O2/c1-5-7-8-12-14(6-2)10(3)9-15(12)11(4)13(16)17/h9,11H,5-8H2,1-4H3/p+1. The molecular formula is C13H23N2O2+. The second-order valence-electron chi connectivity index (χ2n) is 4.46. The Hall–Kier alpha value is -1.32. The number of nitrogens with zero attached hydrogens (tertiary/aromatic N) is 2. The van der Waals surface area contributed by atoms with Crippen molar-refractivity contribution >= 4 is 5.97 Å². The second kappa shape index (κ2) is 5.84. The van der Waals surface area contributed by atoms with Crippen molar-refractivity contribution in [3.63, 3.8) is 0 Å². The van der Waals surface area contributed by atoms with Gasteiger partial charge in [0.1, 0.15) is 11.9 Å². The molecule has 0 saturated carbocycles. The van der Waals surface area contributed by atoms with Crippen molar-refractivity contribution in [3.05, 3.63) is 17.7 Å². The fourth-order valence-corrected chi connectivity index (χ4v) is 2.17. The number of rotatable bonds is 6. The van der Waals surface area contributed by atoms with Gasteiger partial charge < -0.3 is 5.11 Å². The zero-order valence-corrected chi connectivity index (χ0v) is 11.2. The molecule has 1 atom stereocenters. The van der Waals surface area contributed by atoms with E-state index in [1.807, 2.05) is 17.7 Å². The molecule has 0 fully saturated rings. The maximum Gasteiger partial charge on any atom is 0.349 e. The summed E-state index contributed by atoms with van der Waals surface area (Å²) in [6.07, 6.45) is 5.11. The Morgan fingerprint density at radius 2 is 2.18 bits per heavy atom. The van der Waals surface area contributed by atoms with Gasteiger partial charge in [-0.15, -0.1) is 0 Å². The molecule has 0 saturated heterocycles. The van der Waals surface area contributed by atoms with E-state index in [1.165, 1.54) is 0 Å². The minimum absolute atomic E-state index is 0.492. The fraction of sp³-hybridized carbons (Fsp3) is 0.692. The molecule has 17 heavy (non-hydrogen) atoms. The van der Waals surface area contributed by atoms with Crippen LogP contribution in [0.1, 0.15) is 51.2 Å². The molecule has 0 aromatic carbocycles. The van der Waals surface area contributed by atoms with Gasteiger partial charge in [-0.2, -0.15) is 0 Å². The lowest BCUT2D eigenvalue weighted by atomic mass is 10.2. The van der Waals surface area contributed by atoms with Gasteiger partial charge in [-0.3, -0.25) is 0 Å². The zero-order chi connectivity index (χ0) is 13.0. The molecule has 1 rings (SSSR count). The number of aryl methyl sites for hydroxylation is 1. The highest BCUT2D eigenvalue weighted by atomic mass is 16.4. The Kier molecular flexibility index (Phi) is 4.73. The summed E-state index contributed by atoms with van der Waals surface area (Å²) in [6.45, 7) is 8.90. The third-order valence-electron chi connectivity index (χ3n) is 3.21.